The molecule has 1 aromatic carbocycles. The Morgan fingerprint density at radius 1 is 1.02 bits per heavy atom. The van der Waals surface area contributed by atoms with Gasteiger partial charge in [-0.25, -0.2) is 18.6 Å². The van der Waals surface area contributed by atoms with E-state index in [-0.39, 0.29) is 30.5 Å². The smallest absolute Gasteiger partial charge is 0.410 e. The van der Waals surface area contributed by atoms with Gasteiger partial charge in [-0.15, -0.1) is 0 Å². The molecule has 0 aliphatic carbocycles. The molecule has 0 unspecified atom stereocenters. The van der Waals surface area contributed by atoms with Gasteiger partial charge in [0.25, 0.3) is 6.43 Å². The first-order valence-electron chi connectivity index (χ1n) is 17.8. The van der Waals surface area contributed by atoms with Crippen LogP contribution in [0.25, 0.3) is 6.08 Å². The Bertz CT molecular complexity index is 1800. The standard InChI is InChI=1S/C38H42F2N6O4/c1-25-10-13-41-34-32(25)37(50-38(34)23-48-24-38)11-14-44(15-12-37)31-20-29-27(33(42-31)35(39)40)8-5-9-28-30(21-46(28)29)43-16-18-45(19-17-43)36(47)49-22-26-6-3-2-4-7-26/h2-8,10,13,20,28,30,35H,9,11-12,14-19,21-24H2,1H3/t28-,30+/m0/s1. The van der Waals surface area contributed by atoms with Crippen LogP contribution in [0.2, 0.25) is 0 Å². The Labute approximate surface area is 290 Å². The van der Waals surface area contributed by atoms with E-state index in [4.69, 9.17) is 19.2 Å². The number of rotatable bonds is 5. The molecule has 0 bridgehead atoms. The number of fused-ring (bicyclic) bond motifs is 6. The van der Waals surface area contributed by atoms with Crippen molar-refractivity contribution in [3.63, 3.8) is 0 Å². The number of aromatic nitrogens is 2. The number of amides is 1. The zero-order valence-electron chi connectivity index (χ0n) is 28.3. The second kappa shape index (κ2) is 12.3. The number of aryl methyl sites for hydroxylation is 1. The fourth-order valence-corrected chi connectivity index (χ4v) is 8.99. The topological polar surface area (TPSA) is 83.5 Å². The molecule has 2 aromatic heterocycles. The Morgan fingerprint density at radius 3 is 2.52 bits per heavy atom. The molecule has 1 amide bonds. The van der Waals surface area contributed by atoms with Crippen molar-refractivity contribution in [1.29, 1.82) is 0 Å². The minimum atomic E-state index is -2.69. The van der Waals surface area contributed by atoms with Crippen molar-refractivity contribution in [2.24, 2.45) is 0 Å². The first-order chi connectivity index (χ1) is 24.3. The second-order valence-electron chi connectivity index (χ2n) is 14.5. The number of anilines is 2. The zero-order valence-corrected chi connectivity index (χ0v) is 28.3. The number of carbonyl (C=O) groups is 1. The number of piperidine rings is 1. The lowest BCUT2D eigenvalue weighted by Gasteiger charge is -2.55. The van der Waals surface area contributed by atoms with Gasteiger partial charge in [-0.1, -0.05) is 42.5 Å². The van der Waals surface area contributed by atoms with E-state index in [2.05, 4.69) is 26.6 Å². The van der Waals surface area contributed by atoms with Crippen LogP contribution in [0.1, 0.15) is 59.3 Å². The van der Waals surface area contributed by atoms with E-state index in [9.17, 15) is 13.6 Å². The zero-order chi connectivity index (χ0) is 34.0. The Morgan fingerprint density at radius 2 is 1.80 bits per heavy atom. The maximum atomic E-state index is 14.7. The molecule has 4 saturated heterocycles. The maximum Gasteiger partial charge on any atom is 0.410 e. The summed E-state index contributed by atoms with van der Waals surface area (Å²) in [6.45, 7) is 8.11. The van der Waals surface area contributed by atoms with Crippen LogP contribution in [-0.2, 0) is 32.0 Å². The minimum Gasteiger partial charge on any atom is -0.445 e. The Kier molecular flexibility index (Phi) is 7.81. The van der Waals surface area contributed by atoms with Gasteiger partial charge in [-0.2, -0.15) is 0 Å². The van der Waals surface area contributed by atoms with Crippen molar-refractivity contribution in [3.05, 3.63) is 88.4 Å². The van der Waals surface area contributed by atoms with Crippen molar-refractivity contribution < 1.29 is 27.8 Å². The summed E-state index contributed by atoms with van der Waals surface area (Å²) in [6, 6.07) is 14.2. The van der Waals surface area contributed by atoms with Gasteiger partial charge in [0.15, 0.2) is 5.60 Å². The highest BCUT2D eigenvalue weighted by Gasteiger charge is 2.59. The molecule has 2 spiro atoms. The van der Waals surface area contributed by atoms with E-state index in [0.717, 1.165) is 55.8 Å². The van der Waals surface area contributed by atoms with Gasteiger partial charge in [0, 0.05) is 81.3 Å². The number of hydrogen-bond donors (Lipinski definition) is 0. The lowest BCUT2D eigenvalue weighted by molar-refractivity contribution is -0.260. The average Bonchev–Trinajstić information content (AvgIpc) is 3.33. The van der Waals surface area contributed by atoms with E-state index >= 15 is 0 Å². The predicted molar refractivity (Wildman–Crippen MR) is 183 cm³/mol. The summed E-state index contributed by atoms with van der Waals surface area (Å²) in [7, 11) is 0. The summed E-state index contributed by atoms with van der Waals surface area (Å²) in [5.74, 6) is 0.594. The number of alkyl halides is 2. The molecule has 6 aliphatic heterocycles. The van der Waals surface area contributed by atoms with Crippen LogP contribution >= 0.6 is 0 Å². The first-order valence-corrected chi connectivity index (χ1v) is 17.8. The summed E-state index contributed by atoms with van der Waals surface area (Å²) < 4.78 is 47.3. The molecule has 0 saturated carbocycles. The summed E-state index contributed by atoms with van der Waals surface area (Å²) in [5.41, 5.74) is 4.55. The Balaban J connectivity index is 0.889. The molecular weight excluding hydrogens is 642 g/mol. The van der Waals surface area contributed by atoms with Crippen LogP contribution in [0.15, 0.2) is 54.7 Å². The van der Waals surface area contributed by atoms with E-state index < -0.39 is 17.6 Å². The number of pyridine rings is 2. The number of ether oxygens (including phenoxy) is 3. The van der Waals surface area contributed by atoms with Crippen molar-refractivity contribution in [3.8, 4) is 0 Å². The van der Waals surface area contributed by atoms with Crippen molar-refractivity contribution in [1.82, 2.24) is 19.8 Å². The van der Waals surface area contributed by atoms with Gasteiger partial charge in [-0.05, 0) is 43.4 Å². The van der Waals surface area contributed by atoms with Gasteiger partial charge >= 0.3 is 6.09 Å². The quantitative estimate of drug-likeness (QED) is 0.351. The van der Waals surface area contributed by atoms with Crippen LogP contribution in [0.5, 0.6) is 0 Å². The van der Waals surface area contributed by atoms with E-state index in [1.54, 1.807) is 4.90 Å². The van der Waals surface area contributed by atoms with Gasteiger partial charge in [-0.3, -0.25) is 9.88 Å². The van der Waals surface area contributed by atoms with Crippen LogP contribution in [0, 0.1) is 6.92 Å². The highest BCUT2D eigenvalue weighted by molar-refractivity contribution is 5.76. The van der Waals surface area contributed by atoms with Crippen molar-refractivity contribution in [2.75, 3.05) is 68.8 Å². The number of halogens is 2. The number of hydrogen-bond acceptors (Lipinski definition) is 9. The predicted octanol–water partition coefficient (Wildman–Crippen LogP) is 5.40. The molecule has 6 aliphatic rings. The summed E-state index contributed by atoms with van der Waals surface area (Å²) in [6.07, 6.45) is 4.94. The van der Waals surface area contributed by atoms with Gasteiger partial charge in [0.1, 0.15) is 23.7 Å². The van der Waals surface area contributed by atoms with Gasteiger partial charge in [0.2, 0.25) is 0 Å². The molecule has 8 heterocycles. The average molecular weight is 685 g/mol. The molecule has 0 N–H and O–H groups in total. The lowest BCUT2D eigenvalue weighted by Crippen LogP contribution is -2.69. The van der Waals surface area contributed by atoms with Gasteiger partial charge in [0.05, 0.1) is 24.6 Å². The van der Waals surface area contributed by atoms with Gasteiger partial charge < -0.3 is 28.9 Å². The molecule has 3 aromatic rings. The summed E-state index contributed by atoms with van der Waals surface area (Å²) in [4.78, 5) is 30.8. The highest BCUT2D eigenvalue weighted by Crippen LogP contribution is 2.55. The van der Waals surface area contributed by atoms with Crippen molar-refractivity contribution in [2.45, 2.75) is 62.5 Å². The molecule has 10 nitrogen and oxygen atoms in total. The van der Waals surface area contributed by atoms with E-state index in [1.165, 1.54) is 11.1 Å². The molecule has 50 heavy (non-hydrogen) atoms. The highest BCUT2D eigenvalue weighted by atomic mass is 19.3. The third-order valence-corrected chi connectivity index (χ3v) is 11.7. The van der Waals surface area contributed by atoms with Crippen LogP contribution < -0.4 is 9.80 Å². The minimum absolute atomic E-state index is 0.158. The number of piperazine rings is 1. The largest absolute Gasteiger partial charge is 0.445 e. The summed E-state index contributed by atoms with van der Waals surface area (Å²) in [5, 5.41) is 0. The number of nitrogens with zero attached hydrogens (tertiary/aromatic N) is 6. The number of benzene rings is 1. The molecule has 2 atom stereocenters. The normalized spacial score (nSPS) is 24.8. The van der Waals surface area contributed by atoms with E-state index in [0.29, 0.717) is 50.8 Å². The third-order valence-electron chi connectivity index (χ3n) is 11.7. The molecule has 4 fully saturated rings. The lowest BCUT2D eigenvalue weighted by atomic mass is 9.81. The third kappa shape index (κ3) is 5.17. The van der Waals surface area contributed by atoms with Crippen LogP contribution in [0.4, 0.5) is 25.1 Å². The van der Waals surface area contributed by atoms with E-state index in [1.807, 2.05) is 60.8 Å². The maximum absolute atomic E-state index is 14.7. The molecule has 12 heteroatoms. The molecule has 0 radical (unpaired) electrons. The van der Waals surface area contributed by atoms with Crippen LogP contribution in [0.3, 0.4) is 0 Å². The SMILES string of the molecule is Cc1ccnc2c1C1(CCN(c3cc4c(c(C(F)F)n3)C=CC[C@H]3[C@H](N5CCN(C(=O)OCc6ccccc6)CC5)CN43)CC1)OC21COC1. The molecule has 262 valence electrons. The molecular formula is C38H42F2N6O4. The number of carbonyl (C=O) groups excluding carboxylic acids is 1. The fraction of sp³-hybridized carbons (Fsp3) is 0.500. The molecule has 9 rings (SSSR count). The van der Waals surface area contributed by atoms with Crippen LogP contribution in [-0.4, -0.2) is 97.0 Å². The first kappa shape index (κ1) is 31.8. The Hall–Kier alpha value is -4.13. The van der Waals surface area contributed by atoms with Crippen molar-refractivity contribution >= 4 is 23.7 Å². The fourth-order valence-electron chi connectivity index (χ4n) is 8.99. The summed E-state index contributed by atoms with van der Waals surface area (Å²) >= 11 is 0. The monoisotopic (exact) mass is 684 g/mol. The second-order valence-corrected chi connectivity index (χ2v) is 14.5.